The lowest BCUT2D eigenvalue weighted by Gasteiger charge is -1.99. The summed E-state index contributed by atoms with van der Waals surface area (Å²) in [6.45, 7) is 0. The van der Waals surface area contributed by atoms with E-state index in [1.165, 1.54) is 34.4 Å². The van der Waals surface area contributed by atoms with Crippen molar-refractivity contribution >= 4 is 11.6 Å². The van der Waals surface area contributed by atoms with E-state index in [1.807, 2.05) is 0 Å². The van der Waals surface area contributed by atoms with Crippen molar-refractivity contribution in [2.24, 2.45) is 0 Å². The van der Waals surface area contributed by atoms with Crippen LogP contribution >= 0.6 is 0 Å². The highest BCUT2D eigenvalue weighted by molar-refractivity contribution is 5.73. The zero-order chi connectivity index (χ0) is 9.38. The maximum Gasteiger partial charge on any atom is -0.0146 e. The van der Waals surface area contributed by atoms with Crippen molar-refractivity contribution in [1.82, 2.24) is 0 Å². The molecule has 0 atom stereocenters. The van der Waals surface area contributed by atoms with Gasteiger partial charge in [-0.2, -0.15) is 0 Å². The second-order valence-corrected chi connectivity index (χ2v) is 3.79. The quantitative estimate of drug-likeness (QED) is 0.572. The molecule has 0 saturated carbocycles. The number of hydrogen-bond donors (Lipinski definition) is 0. The van der Waals surface area contributed by atoms with E-state index in [2.05, 4.69) is 48.6 Å². The molecular formula is C14H12. The molecule has 1 aromatic carbocycles. The predicted octanol–water partition coefficient (Wildman–Crippen LogP) is 1.91. The van der Waals surface area contributed by atoms with Crippen LogP contribution in [0.4, 0.5) is 0 Å². The molecule has 0 unspecified atom stereocenters. The van der Waals surface area contributed by atoms with E-state index in [0.717, 1.165) is 0 Å². The number of rotatable bonds is 0. The van der Waals surface area contributed by atoms with Crippen LogP contribution in [-0.2, 0) is 0 Å². The molecule has 0 bridgehead atoms. The first-order valence-electron chi connectivity index (χ1n) is 5.12. The summed E-state index contributed by atoms with van der Waals surface area (Å²) in [5, 5.41) is 2.77. The van der Waals surface area contributed by atoms with Crippen LogP contribution in [0.2, 0.25) is 0 Å². The van der Waals surface area contributed by atoms with Gasteiger partial charge >= 0.3 is 0 Å². The Labute approximate surface area is 83.6 Å². The lowest BCUT2D eigenvalue weighted by molar-refractivity contribution is 1.11. The third kappa shape index (κ3) is 1.07. The Hall–Kier alpha value is -1.56. The SMILES string of the molecule is C1=CC2=CCCC2=c2ccccc2=C1. The Morgan fingerprint density at radius 2 is 2.00 bits per heavy atom. The third-order valence-corrected chi connectivity index (χ3v) is 2.94. The van der Waals surface area contributed by atoms with Crippen LogP contribution in [0.15, 0.2) is 48.1 Å². The normalized spacial score (nSPS) is 18.0. The molecule has 0 aliphatic heterocycles. The van der Waals surface area contributed by atoms with Crippen molar-refractivity contribution < 1.29 is 0 Å². The Morgan fingerprint density at radius 3 is 3.00 bits per heavy atom. The van der Waals surface area contributed by atoms with Gasteiger partial charge in [0.1, 0.15) is 0 Å². The molecule has 0 fully saturated rings. The Kier molecular flexibility index (Phi) is 1.66. The summed E-state index contributed by atoms with van der Waals surface area (Å²) in [5.41, 5.74) is 2.94. The van der Waals surface area contributed by atoms with Gasteiger partial charge in [0.25, 0.3) is 0 Å². The van der Waals surface area contributed by atoms with E-state index in [-0.39, 0.29) is 0 Å². The first kappa shape index (κ1) is 7.81. The number of fused-ring (bicyclic) bond motifs is 2. The summed E-state index contributed by atoms with van der Waals surface area (Å²) in [7, 11) is 0. The molecular weight excluding hydrogens is 168 g/mol. The molecule has 0 radical (unpaired) electrons. The minimum atomic E-state index is 1.20. The first-order valence-corrected chi connectivity index (χ1v) is 5.12. The van der Waals surface area contributed by atoms with Crippen molar-refractivity contribution in [1.29, 1.82) is 0 Å². The topological polar surface area (TPSA) is 0 Å². The molecule has 0 aromatic heterocycles. The monoisotopic (exact) mass is 180 g/mol. The largest absolute Gasteiger partial charge is 0.0766 e. The molecule has 0 amide bonds. The van der Waals surface area contributed by atoms with Crippen molar-refractivity contribution in [3.8, 4) is 0 Å². The second kappa shape index (κ2) is 2.98. The van der Waals surface area contributed by atoms with Gasteiger partial charge in [0, 0.05) is 0 Å². The van der Waals surface area contributed by atoms with Gasteiger partial charge in [-0.3, -0.25) is 0 Å². The zero-order valence-electron chi connectivity index (χ0n) is 8.03. The van der Waals surface area contributed by atoms with Crippen LogP contribution in [0.25, 0.3) is 11.6 Å². The van der Waals surface area contributed by atoms with Gasteiger partial charge in [0.15, 0.2) is 0 Å². The molecule has 2 aliphatic rings. The van der Waals surface area contributed by atoms with E-state index in [4.69, 9.17) is 0 Å². The van der Waals surface area contributed by atoms with Crippen LogP contribution in [0.5, 0.6) is 0 Å². The fraction of sp³-hybridized carbons (Fsp3) is 0.143. The van der Waals surface area contributed by atoms with Crippen LogP contribution in [0.3, 0.4) is 0 Å². The van der Waals surface area contributed by atoms with Gasteiger partial charge < -0.3 is 0 Å². The highest BCUT2D eigenvalue weighted by Crippen LogP contribution is 2.26. The lowest BCUT2D eigenvalue weighted by Crippen LogP contribution is -2.25. The van der Waals surface area contributed by atoms with Gasteiger partial charge in [-0.05, 0) is 34.4 Å². The van der Waals surface area contributed by atoms with E-state index in [1.54, 1.807) is 0 Å². The molecule has 3 rings (SSSR count). The first-order chi connectivity index (χ1) is 6.95. The molecule has 0 saturated heterocycles. The minimum absolute atomic E-state index is 1.20. The van der Waals surface area contributed by atoms with Gasteiger partial charge in [0.05, 0.1) is 0 Å². The lowest BCUT2D eigenvalue weighted by atomic mass is 10.1. The van der Waals surface area contributed by atoms with Crippen molar-refractivity contribution in [2.45, 2.75) is 12.8 Å². The van der Waals surface area contributed by atoms with Crippen LogP contribution in [0, 0.1) is 0 Å². The van der Waals surface area contributed by atoms with E-state index in [0.29, 0.717) is 0 Å². The maximum absolute atomic E-state index is 2.34. The van der Waals surface area contributed by atoms with Gasteiger partial charge in [-0.15, -0.1) is 0 Å². The summed E-state index contributed by atoms with van der Waals surface area (Å²) in [4.78, 5) is 0. The average Bonchev–Trinajstić information content (AvgIpc) is 2.61. The molecule has 1 aromatic rings. The molecule has 0 heteroatoms. The molecule has 14 heavy (non-hydrogen) atoms. The van der Waals surface area contributed by atoms with Crippen LogP contribution in [0.1, 0.15) is 12.8 Å². The van der Waals surface area contributed by atoms with E-state index >= 15 is 0 Å². The van der Waals surface area contributed by atoms with Gasteiger partial charge in [-0.25, -0.2) is 0 Å². The summed E-state index contributed by atoms with van der Waals surface area (Å²) in [6, 6.07) is 8.65. The maximum atomic E-state index is 2.34. The Bertz CT molecular complexity index is 542. The molecule has 68 valence electrons. The molecule has 0 nitrogen and oxygen atoms in total. The molecule has 2 aliphatic carbocycles. The molecule has 0 heterocycles. The average molecular weight is 180 g/mol. The third-order valence-electron chi connectivity index (χ3n) is 2.94. The van der Waals surface area contributed by atoms with Gasteiger partial charge in [0.2, 0.25) is 0 Å². The second-order valence-electron chi connectivity index (χ2n) is 3.79. The van der Waals surface area contributed by atoms with E-state index < -0.39 is 0 Å². The summed E-state index contributed by atoms with van der Waals surface area (Å²) in [6.07, 6.45) is 11.3. The Balaban J connectivity index is 2.48. The fourth-order valence-electron chi connectivity index (χ4n) is 2.27. The zero-order valence-corrected chi connectivity index (χ0v) is 8.03. The summed E-state index contributed by atoms with van der Waals surface area (Å²) >= 11 is 0. The predicted molar refractivity (Wildman–Crippen MR) is 60.0 cm³/mol. The Morgan fingerprint density at radius 1 is 1.07 bits per heavy atom. The van der Waals surface area contributed by atoms with Crippen molar-refractivity contribution in [3.63, 3.8) is 0 Å². The number of hydrogen-bond acceptors (Lipinski definition) is 0. The van der Waals surface area contributed by atoms with Crippen LogP contribution < -0.4 is 10.4 Å². The minimum Gasteiger partial charge on any atom is -0.0766 e. The number of allylic oxidation sites excluding steroid dienone is 4. The highest BCUT2D eigenvalue weighted by atomic mass is 14.1. The summed E-state index contributed by atoms with van der Waals surface area (Å²) in [5.74, 6) is 0. The summed E-state index contributed by atoms with van der Waals surface area (Å²) < 4.78 is 0. The molecule has 0 N–H and O–H groups in total. The number of benzene rings is 1. The molecule has 0 spiro atoms. The highest BCUT2D eigenvalue weighted by Gasteiger charge is 2.10. The fourth-order valence-corrected chi connectivity index (χ4v) is 2.27. The van der Waals surface area contributed by atoms with Crippen molar-refractivity contribution in [3.05, 3.63) is 58.5 Å². The van der Waals surface area contributed by atoms with E-state index in [9.17, 15) is 0 Å². The van der Waals surface area contributed by atoms with Crippen molar-refractivity contribution in [2.75, 3.05) is 0 Å². The smallest absolute Gasteiger partial charge is 0.0146 e. The van der Waals surface area contributed by atoms with Crippen LogP contribution in [-0.4, -0.2) is 0 Å². The van der Waals surface area contributed by atoms with Gasteiger partial charge in [-0.1, -0.05) is 48.6 Å². The standard InChI is InChI=1S/C14H12/c1-2-9-13-11(5-1)6-3-7-12-8-4-10-14(12)13/h1-3,5-9H,4,10H2.